The second kappa shape index (κ2) is 9.35. The van der Waals surface area contributed by atoms with Crippen LogP contribution >= 0.6 is 11.6 Å². The molecule has 170 valence electrons. The highest BCUT2D eigenvalue weighted by Crippen LogP contribution is 2.36. The van der Waals surface area contributed by atoms with Gasteiger partial charge in [-0.3, -0.25) is 9.59 Å². The lowest BCUT2D eigenvalue weighted by Gasteiger charge is -2.24. The largest absolute Gasteiger partial charge is 0.390 e. The molecule has 0 saturated heterocycles. The van der Waals surface area contributed by atoms with E-state index in [0.717, 1.165) is 5.56 Å². The van der Waals surface area contributed by atoms with Crippen molar-refractivity contribution in [2.75, 3.05) is 16.8 Å². The molecule has 0 aliphatic carbocycles. The molecule has 3 aromatic rings. The first-order valence-corrected chi connectivity index (χ1v) is 11.1. The van der Waals surface area contributed by atoms with E-state index < -0.39 is 12.2 Å². The van der Waals surface area contributed by atoms with Gasteiger partial charge in [-0.15, -0.1) is 0 Å². The quantitative estimate of drug-likeness (QED) is 0.526. The molecule has 0 bridgehead atoms. The maximum absolute atomic E-state index is 13.5. The Morgan fingerprint density at radius 2 is 1.73 bits per heavy atom. The molecular weight excluding hydrogens is 440 g/mol. The lowest BCUT2D eigenvalue weighted by Crippen LogP contribution is -2.33. The number of hydrogen-bond acceptors (Lipinski definition) is 4. The average Bonchev–Trinajstić information content (AvgIpc) is 2.90. The van der Waals surface area contributed by atoms with Gasteiger partial charge in [0.2, 0.25) is 0 Å². The summed E-state index contributed by atoms with van der Waals surface area (Å²) in [7, 11) is 0. The topological polar surface area (TPSA) is 89.9 Å². The molecular formula is C26H25ClN2O4. The average molecular weight is 465 g/mol. The molecule has 0 unspecified atom stereocenters. The summed E-state index contributed by atoms with van der Waals surface area (Å²) in [5, 5.41) is 24.1. The van der Waals surface area contributed by atoms with Crippen molar-refractivity contribution in [1.29, 1.82) is 0 Å². The van der Waals surface area contributed by atoms with E-state index in [9.17, 15) is 19.8 Å². The summed E-state index contributed by atoms with van der Waals surface area (Å²) < 4.78 is 0. The van der Waals surface area contributed by atoms with Crippen molar-refractivity contribution in [3.05, 3.63) is 93.5 Å². The Morgan fingerprint density at radius 3 is 2.45 bits per heavy atom. The summed E-state index contributed by atoms with van der Waals surface area (Å²) in [6.07, 6.45) is -1.90. The Labute approximate surface area is 197 Å². The molecule has 33 heavy (non-hydrogen) atoms. The van der Waals surface area contributed by atoms with Gasteiger partial charge in [0.05, 0.1) is 6.10 Å². The number of rotatable bonds is 3. The minimum atomic E-state index is -1.13. The predicted molar refractivity (Wildman–Crippen MR) is 129 cm³/mol. The molecule has 7 heteroatoms. The minimum Gasteiger partial charge on any atom is -0.390 e. The maximum Gasteiger partial charge on any atom is 0.258 e. The van der Waals surface area contributed by atoms with Crippen molar-refractivity contribution in [3.8, 4) is 0 Å². The van der Waals surface area contributed by atoms with Gasteiger partial charge >= 0.3 is 0 Å². The van der Waals surface area contributed by atoms with Gasteiger partial charge < -0.3 is 20.4 Å². The molecule has 6 nitrogen and oxygen atoms in total. The zero-order valence-electron chi connectivity index (χ0n) is 18.4. The number of halogens is 1. The minimum absolute atomic E-state index is 0.215. The smallest absolute Gasteiger partial charge is 0.258 e. The van der Waals surface area contributed by atoms with Gasteiger partial charge in [0, 0.05) is 39.6 Å². The van der Waals surface area contributed by atoms with E-state index in [1.807, 2.05) is 25.1 Å². The molecule has 0 fully saturated rings. The molecule has 3 aromatic carbocycles. The molecule has 0 aromatic heterocycles. The molecule has 3 N–H and O–H groups in total. The van der Waals surface area contributed by atoms with Crippen molar-refractivity contribution >= 4 is 34.8 Å². The monoisotopic (exact) mass is 464 g/mol. The van der Waals surface area contributed by atoms with Crippen molar-refractivity contribution < 1.29 is 19.8 Å². The van der Waals surface area contributed by atoms with Crippen LogP contribution in [0.3, 0.4) is 0 Å². The second-order valence-corrected chi connectivity index (χ2v) is 8.70. The van der Waals surface area contributed by atoms with Crippen LogP contribution in [0.15, 0.2) is 60.7 Å². The van der Waals surface area contributed by atoms with Crippen LogP contribution in [0.1, 0.15) is 49.9 Å². The number of nitrogens with zero attached hydrogens (tertiary/aromatic N) is 1. The third-order valence-electron chi connectivity index (χ3n) is 5.96. The highest BCUT2D eigenvalue weighted by Gasteiger charge is 2.31. The van der Waals surface area contributed by atoms with E-state index in [4.69, 9.17) is 11.6 Å². The summed E-state index contributed by atoms with van der Waals surface area (Å²) in [5.74, 6) is -0.470. The zero-order chi connectivity index (χ0) is 23.7. The number of nitrogens with one attached hydrogen (secondary N) is 1. The van der Waals surface area contributed by atoms with Gasteiger partial charge in [0.25, 0.3) is 11.8 Å². The molecule has 4 rings (SSSR count). The van der Waals surface area contributed by atoms with E-state index >= 15 is 0 Å². The molecule has 0 radical (unpaired) electrons. The van der Waals surface area contributed by atoms with Gasteiger partial charge in [-0.25, -0.2) is 0 Å². The number of aliphatic hydroxyl groups excluding tert-OH is 2. The third-order valence-corrected chi connectivity index (χ3v) is 6.20. The fraction of sp³-hybridized carbons (Fsp3) is 0.231. The molecule has 0 spiro atoms. The number of benzene rings is 3. The number of hydrogen-bond donors (Lipinski definition) is 3. The molecule has 2 atom stereocenters. The Kier molecular flexibility index (Phi) is 6.51. The van der Waals surface area contributed by atoms with Crippen LogP contribution in [0.25, 0.3) is 0 Å². The number of carbonyl (C=O) groups excluding carboxylic acids is 2. The van der Waals surface area contributed by atoms with Crippen LogP contribution in [-0.4, -0.2) is 34.7 Å². The van der Waals surface area contributed by atoms with Crippen LogP contribution in [0.5, 0.6) is 0 Å². The van der Waals surface area contributed by atoms with Crippen molar-refractivity contribution in [2.45, 2.75) is 32.5 Å². The molecule has 1 aliphatic heterocycles. The Balaban J connectivity index is 1.61. The van der Waals surface area contributed by atoms with E-state index in [1.165, 1.54) is 0 Å². The Morgan fingerprint density at radius 1 is 0.970 bits per heavy atom. The first-order valence-electron chi connectivity index (χ1n) is 10.7. The van der Waals surface area contributed by atoms with Crippen LogP contribution < -0.4 is 10.2 Å². The maximum atomic E-state index is 13.5. The van der Waals surface area contributed by atoms with Gasteiger partial charge in [0.1, 0.15) is 6.10 Å². The lowest BCUT2D eigenvalue weighted by atomic mass is 10.0. The van der Waals surface area contributed by atoms with Gasteiger partial charge in [-0.2, -0.15) is 0 Å². The number of aryl methyl sites for hydroxylation is 2. The summed E-state index contributed by atoms with van der Waals surface area (Å²) in [5.41, 5.74) is 4.16. The SMILES string of the molecule is Cc1ccccc1C(=O)Nc1ccc(C(=O)N2CC[C@@H](O)[C@H](O)c3cc(Cl)ccc32)c(C)c1. The molecule has 2 amide bonds. The number of carbonyl (C=O) groups is 2. The van der Waals surface area contributed by atoms with Crippen LogP contribution in [0, 0.1) is 13.8 Å². The summed E-state index contributed by atoms with van der Waals surface area (Å²) in [4.78, 5) is 27.7. The van der Waals surface area contributed by atoms with Crippen molar-refractivity contribution in [2.24, 2.45) is 0 Å². The van der Waals surface area contributed by atoms with E-state index in [2.05, 4.69) is 5.32 Å². The zero-order valence-corrected chi connectivity index (χ0v) is 19.1. The first kappa shape index (κ1) is 23.0. The Bertz CT molecular complexity index is 1230. The summed E-state index contributed by atoms with van der Waals surface area (Å²) in [6.45, 7) is 3.93. The summed E-state index contributed by atoms with van der Waals surface area (Å²) in [6, 6.07) is 17.4. The summed E-state index contributed by atoms with van der Waals surface area (Å²) >= 11 is 6.09. The highest BCUT2D eigenvalue weighted by atomic mass is 35.5. The molecule has 0 saturated carbocycles. The lowest BCUT2D eigenvalue weighted by molar-refractivity contribution is 0.0176. The van der Waals surface area contributed by atoms with Gasteiger partial charge in [-0.1, -0.05) is 29.8 Å². The third kappa shape index (κ3) is 4.64. The normalized spacial score (nSPS) is 17.8. The van der Waals surface area contributed by atoms with Crippen LogP contribution in [-0.2, 0) is 0 Å². The second-order valence-electron chi connectivity index (χ2n) is 8.26. The van der Waals surface area contributed by atoms with Crippen molar-refractivity contribution in [3.63, 3.8) is 0 Å². The molecule has 1 heterocycles. The van der Waals surface area contributed by atoms with Crippen LogP contribution in [0.2, 0.25) is 5.02 Å². The van der Waals surface area contributed by atoms with E-state index in [-0.39, 0.29) is 24.8 Å². The van der Waals surface area contributed by atoms with Crippen LogP contribution in [0.4, 0.5) is 11.4 Å². The Hall–Kier alpha value is -3.19. The predicted octanol–water partition coefficient (Wildman–Crippen LogP) is 4.65. The molecule has 1 aliphatic rings. The fourth-order valence-electron chi connectivity index (χ4n) is 4.12. The fourth-order valence-corrected chi connectivity index (χ4v) is 4.30. The number of fused-ring (bicyclic) bond motifs is 1. The van der Waals surface area contributed by atoms with Crippen molar-refractivity contribution in [1.82, 2.24) is 0 Å². The van der Waals surface area contributed by atoms with Gasteiger partial charge in [-0.05, 0) is 73.9 Å². The standard InChI is InChI=1S/C26H25ClN2O4/c1-15-5-3-4-6-19(15)25(32)28-18-8-9-20(16(2)13-18)26(33)29-12-11-23(30)24(31)21-14-17(27)7-10-22(21)29/h3-10,13-14,23-24,30-31H,11-12H2,1-2H3,(H,28,32)/t23-,24-/m1/s1. The highest BCUT2D eigenvalue weighted by molar-refractivity contribution is 6.30. The van der Waals surface area contributed by atoms with E-state index in [1.54, 1.807) is 54.3 Å². The van der Waals surface area contributed by atoms with Gasteiger partial charge in [0.15, 0.2) is 0 Å². The number of aliphatic hydroxyl groups is 2. The first-order chi connectivity index (χ1) is 15.8. The number of amides is 2. The van der Waals surface area contributed by atoms with E-state index in [0.29, 0.717) is 38.7 Å². The number of anilines is 2.